The van der Waals surface area contributed by atoms with E-state index in [9.17, 15) is 18.8 Å². The zero-order valence-corrected chi connectivity index (χ0v) is 21.6. The standard InChI is InChI=1S/C25H32FN5O5S/c1-35-24(33)20-22(36-15-16-12-17(14-18(26)13-16)21(32)28-19-6-7-19)30-37-23(20)29-25(34)27-8-2-3-9-31-10-4-5-11-31/h12-14,19H,2-11,15H2,1H3,(H,28,32)(H2,27,29,34). The Morgan fingerprint density at radius 3 is 2.68 bits per heavy atom. The molecule has 1 aromatic carbocycles. The molecule has 1 aliphatic carbocycles. The Hall–Kier alpha value is -3.25. The number of carbonyl (C=O) groups excluding carboxylic acids is 3. The van der Waals surface area contributed by atoms with Crippen LogP contribution in [0.5, 0.6) is 5.88 Å². The summed E-state index contributed by atoms with van der Waals surface area (Å²) >= 11 is 0.876. The van der Waals surface area contributed by atoms with Gasteiger partial charge >= 0.3 is 12.0 Å². The fraction of sp³-hybridized carbons (Fsp3) is 0.520. The summed E-state index contributed by atoms with van der Waals surface area (Å²) < 4.78 is 28.8. The van der Waals surface area contributed by atoms with Gasteiger partial charge in [0.1, 0.15) is 17.4 Å². The van der Waals surface area contributed by atoms with Crippen molar-refractivity contribution in [3.05, 3.63) is 40.7 Å². The first-order valence-electron chi connectivity index (χ1n) is 12.5. The van der Waals surface area contributed by atoms with Gasteiger partial charge in [-0.15, -0.1) is 0 Å². The number of nitrogens with zero attached hydrogens (tertiary/aromatic N) is 2. The maximum Gasteiger partial charge on any atom is 0.346 e. The number of aromatic nitrogens is 1. The number of urea groups is 1. The van der Waals surface area contributed by atoms with Crippen molar-refractivity contribution < 1.29 is 28.2 Å². The Labute approximate surface area is 219 Å². The molecule has 0 spiro atoms. The molecule has 1 saturated heterocycles. The number of carbonyl (C=O) groups is 3. The predicted octanol–water partition coefficient (Wildman–Crippen LogP) is 3.54. The van der Waals surface area contributed by atoms with E-state index in [0.717, 1.165) is 62.9 Å². The van der Waals surface area contributed by atoms with Gasteiger partial charge in [-0.2, -0.15) is 4.37 Å². The van der Waals surface area contributed by atoms with Crippen molar-refractivity contribution in [2.24, 2.45) is 0 Å². The van der Waals surface area contributed by atoms with E-state index < -0.39 is 17.8 Å². The summed E-state index contributed by atoms with van der Waals surface area (Å²) in [6, 6.07) is 3.62. The molecule has 4 rings (SSSR count). The summed E-state index contributed by atoms with van der Waals surface area (Å²) in [5.41, 5.74) is 0.558. The quantitative estimate of drug-likeness (QED) is 0.282. The van der Waals surface area contributed by atoms with Crippen LogP contribution in [0.3, 0.4) is 0 Å². The zero-order valence-electron chi connectivity index (χ0n) is 20.8. The van der Waals surface area contributed by atoms with Gasteiger partial charge in [0.2, 0.25) is 5.88 Å². The van der Waals surface area contributed by atoms with Gasteiger partial charge in [0.15, 0.2) is 5.56 Å². The molecule has 12 heteroatoms. The number of halogens is 1. The molecule has 0 unspecified atom stereocenters. The lowest BCUT2D eigenvalue weighted by atomic mass is 10.1. The van der Waals surface area contributed by atoms with Gasteiger partial charge in [0.05, 0.1) is 7.11 Å². The van der Waals surface area contributed by atoms with Gasteiger partial charge in [-0.05, 0) is 93.5 Å². The Bertz CT molecular complexity index is 1120. The second kappa shape index (κ2) is 12.8. The molecule has 1 aliphatic heterocycles. The first-order valence-corrected chi connectivity index (χ1v) is 13.3. The van der Waals surface area contributed by atoms with E-state index in [2.05, 4.69) is 25.2 Å². The summed E-state index contributed by atoms with van der Waals surface area (Å²) in [6.45, 7) is 3.69. The molecule has 0 bridgehead atoms. The lowest BCUT2D eigenvalue weighted by Gasteiger charge is -2.14. The van der Waals surface area contributed by atoms with Crippen molar-refractivity contribution in [3.63, 3.8) is 0 Å². The minimum Gasteiger partial charge on any atom is -0.472 e. The molecule has 3 amide bonds. The third kappa shape index (κ3) is 7.86. The third-order valence-corrected chi connectivity index (χ3v) is 6.92. The number of likely N-dealkylation sites (tertiary alicyclic amines) is 1. The number of ether oxygens (including phenoxy) is 2. The topological polar surface area (TPSA) is 122 Å². The minimum atomic E-state index is -0.728. The fourth-order valence-corrected chi connectivity index (χ4v) is 4.79. The molecular weight excluding hydrogens is 501 g/mol. The molecular formula is C25H32FN5O5S. The average Bonchev–Trinajstić information content (AvgIpc) is 3.37. The predicted molar refractivity (Wildman–Crippen MR) is 137 cm³/mol. The van der Waals surface area contributed by atoms with Crippen molar-refractivity contribution in [2.75, 3.05) is 38.6 Å². The normalized spacial score (nSPS) is 15.3. The lowest BCUT2D eigenvalue weighted by Crippen LogP contribution is -2.30. The number of rotatable bonds is 12. The molecule has 2 fully saturated rings. The number of unbranched alkanes of at least 4 members (excludes halogenated alkanes) is 1. The van der Waals surface area contributed by atoms with Crippen molar-refractivity contribution in [3.8, 4) is 5.88 Å². The first kappa shape index (κ1) is 26.8. The molecule has 1 aromatic heterocycles. The Kier molecular flexibility index (Phi) is 9.29. The van der Waals surface area contributed by atoms with Crippen LogP contribution in [0.15, 0.2) is 18.2 Å². The molecule has 2 aliphatic rings. The number of benzene rings is 1. The summed E-state index contributed by atoms with van der Waals surface area (Å²) in [7, 11) is 1.21. The van der Waals surface area contributed by atoms with Gasteiger partial charge in [0.25, 0.3) is 5.91 Å². The molecule has 0 atom stereocenters. The maximum atomic E-state index is 14.1. The maximum absolute atomic E-state index is 14.1. The second-order valence-electron chi connectivity index (χ2n) is 9.20. The van der Waals surface area contributed by atoms with Gasteiger partial charge in [-0.3, -0.25) is 10.1 Å². The molecule has 0 radical (unpaired) electrons. The van der Waals surface area contributed by atoms with E-state index in [1.54, 1.807) is 0 Å². The number of methoxy groups -OCH3 is 1. The highest BCUT2D eigenvalue weighted by Crippen LogP contribution is 2.32. The highest BCUT2D eigenvalue weighted by molar-refractivity contribution is 7.11. The number of nitrogens with one attached hydrogen (secondary N) is 3. The summed E-state index contributed by atoms with van der Waals surface area (Å²) in [5.74, 6) is -1.70. The molecule has 3 N–H and O–H groups in total. The number of hydrogen-bond donors (Lipinski definition) is 3. The fourth-order valence-electron chi connectivity index (χ4n) is 4.07. The smallest absolute Gasteiger partial charge is 0.346 e. The van der Waals surface area contributed by atoms with Crippen LogP contribution in [0.4, 0.5) is 14.2 Å². The van der Waals surface area contributed by atoms with E-state index in [4.69, 9.17) is 9.47 Å². The number of esters is 1. The molecule has 200 valence electrons. The number of amides is 3. The van der Waals surface area contributed by atoms with Gasteiger partial charge < -0.3 is 25.0 Å². The third-order valence-electron chi connectivity index (χ3n) is 6.17. The highest BCUT2D eigenvalue weighted by Gasteiger charge is 2.26. The van der Waals surface area contributed by atoms with E-state index in [1.807, 2.05) is 0 Å². The second-order valence-corrected chi connectivity index (χ2v) is 9.98. The van der Waals surface area contributed by atoms with Crippen molar-refractivity contribution in [1.29, 1.82) is 0 Å². The van der Waals surface area contributed by atoms with Crippen molar-refractivity contribution in [2.45, 2.75) is 51.2 Å². The summed E-state index contributed by atoms with van der Waals surface area (Å²) in [6.07, 6.45) is 6.19. The Morgan fingerprint density at radius 1 is 1.16 bits per heavy atom. The van der Waals surface area contributed by atoms with Gasteiger partial charge in [-0.25, -0.2) is 14.0 Å². The van der Waals surface area contributed by atoms with Gasteiger partial charge in [-0.1, -0.05) is 0 Å². The Balaban J connectivity index is 1.32. The number of hydrogen-bond acceptors (Lipinski definition) is 8. The SMILES string of the molecule is COC(=O)c1c(OCc2cc(F)cc(C(=O)NC3CC3)c2)nsc1NC(=O)NCCCCN1CCCC1. The van der Waals surface area contributed by atoms with E-state index in [1.165, 1.54) is 32.1 Å². The minimum absolute atomic E-state index is 0.0280. The molecule has 2 heterocycles. The number of anilines is 1. The lowest BCUT2D eigenvalue weighted by molar-refractivity contribution is 0.0596. The van der Waals surface area contributed by atoms with Crippen LogP contribution in [-0.4, -0.2) is 66.5 Å². The van der Waals surface area contributed by atoms with Crippen LogP contribution in [0.25, 0.3) is 0 Å². The van der Waals surface area contributed by atoms with Crippen LogP contribution < -0.4 is 20.7 Å². The van der Waals surface area contributed by atoms with Crippen molar-refractivity contribution >= 4 is 34.4 Å². The van der Waals surface area contributed by atoms with E-state index in [0.29, 0.717) is 12.1 Å². The summed E-state index contributed by atoms with van der Waals surface area (Å²) in [4.78, 5) is 39.5. The van der Waals surface area contributed by atoms with Crippen LogP contribution in [0.2, 0.25) is 0 Å². The van der Waals surface area contributed by atoms with Crippen LogP contribution in [0.1, 0.15) is 64.8 Å². The monoisotopic (exact) mass is 533 g/mol. The summed E-state index contributed by atoms with van der Waals surface area (Å²) in [5, 5.41) is 8.42. The molecule has 37 heavy (non-hydrogen) atoms. The molecule has 1 saturated carbocycles. The van der Waals surface area contributed by atoms with Gasteiger partial charge in [0, 0.05) is 18.2 Å². The first-order chi connectivity index (χ1) is 17.9. The largest absolute Gasteiger partial charge is 0.472 e. The van der Waals surface area contributed by atoms with E-state index in [-0.39, 0.29) is 40.6 Å². The van der Waals surface area contributed by atoms with Crippen LogP contribution in [0, 0.1) is 5.82 Å². The molecule has 10 nitrogen and oxygen atoms in total. The molecule has 2 aromatic rings. The zero-order chi connectivity index (χ0) is 26.2. The van der Waals surface area contributed by atoms with E-state index >= 15 is 0 Å². The highest BCUT2D eigenvalue weighted by atomic mass is 32.1. The Morgan fingerprint density at radius 2 is 1.95 bits per heavy atom. The van der Waals surface area contributed by atoms with Crippen molar-refractivity contribution in [1.82, 2.24) is 19.9 Å². The average molecular weight is 534 g/mol. The van der Waals surface area contributed by atoms with Crippen LogP contribution >= 0.6 is 11.5 Å². The van der Waals surface area contributed by atoms with Crippen LogP contribution in [-0.2, 0) is 11.3 Å².